The van der Waals surface area contributed by atoms with Crippen LogP contribution in [0.2, 0.25) is 0 Å². The highest BCUT2D eigenvalue weighted by Crippen LogP contribution is 2.24. The second-order valence-corrected chi connectivity index (χ2v) is 7.37. The van der Waals surface area contributed by atoms with Crippen molar-refractivity contribution in [2.75, 3.05) is 11.1 Å². The first-order chi connectivity index (χ1) is 11.2. The van der Waals surface area contributed by atoms with Crippen molar-refractivity contribution in [3.8, 4) is 11.4 Å². The summed E-state index contributed by atoms with van der Waals surface area (Å²) in [4.78, 5) is 21.7. The molecule has 0 atom stereocenters. The van der Waals surface area contributed by atoms with Crippen LogP contribution in [-0.4, -0.2) is 21.6 Å². The quantitative estimate of drug-likeness (QED) is 0.625. The van der Waals surface area contributed by atoms with Crippen LogP contribution >= 0.6 is 39.0 Å². The van der Waals surface area contributed by atoms with E-state index in [1.54, 1.807) is 6.20 Å². The Morgan fingerprint density at radius 1 is 1.17 bits per heavy atom. The molecule has 0 bridgehead atoms. The normalized spacial score (nSPS) is 10.5. The van der Waals surface area contributed by atoms with Crippen LogP contribution in [0.15, 0.2) is 63.4 Å². The molecule has 0 saturated heterocycles. The molecule has 0 fully saturated rings. The Balaban J connectivity index is 1.56. The number of benzene rings is 1. The van der Waals surface area contributed by atoms with E-state index in [0.29, 0.717) is 10.9 Å². The van der Waals surface area contributed by atoms with E-state index >= 15 is 0 Å². The molecule has 3 rings (SSSR count). The van der Waals surface area contributed by atoms with Crippen LogP contribution in [0.1, 0.15) is 0 Å². The summed E-state index contributed by atoms with van der Waals surface area (Å²) >= 11 is 6.28. The third-order valence-electron chi connectivity index (χ3n) is 2.86. The maximum atomic E-state index is 12.0. The van der Waals surface area contributed by atoms with Crippen molar-refractivity contribution in [2.24, 2.45) is 0 Å². The first kappa shape index (κ1) is 16.2. The van der Waals surface area contributed by atoms with Crippen molar-refractivity contribution in [3.63, 3.8) is 0 Å². The van der Waals surface area contributed by atoms with Gasteiger partial charge in [0.2, 0.25) is 5.91 Å². The molecule has 3 aromatic rings. The standard InChI is InChI=1S/C16H12BrN3OS2/c17-11-4-6-12(7-5-11)22-10-15(21)20-16-19-14(9-23-16)13-3-1-2-8-18-13/h1-9H,10H2,(H,19,20,21). The first-order valence-electron chi connectivity index (χ1n) is 6.76. The van der Waals surface area contributed by atoms with E-state index in [-0.39, 0.29) is 5.91 Å². The molecule has 2 aromatic heterocycles. The van der Waals surface area contributed by atoms with Gasteiger partial charge < -0.3 is 5.32 Å². The van der Waals surface area contributed by atoms with E-state index in [4.69, 9.17) is 0 Å². The van der Waals surface area contributed by atoms with Gasteiger partial charge in [-0.15, -0.1) is 23.1 Å². The number of hydrogen-bond acceptors (Lipinski definition) is 5. The monoisotopic (exact) mass is 405 g/mol. The Bertz CT molecular complexity index is 791. The fourth-order valence-electron chi connectivity index (χ4n) is 1.80. The molecule has 0 unspecified atom stereocenters. The lowest BCUT2D eigenvalue weighted by molar-refractivity contribution is -0.113. The van der Waals surface area contributed by atoms with Crippen LogP contribution in [0.25, 0.3) is 11.4 Å². The van der Waals surface area contributed by atoms with Gasteiger partial charge in [0.25, 0.3) is 0 Å². The Morgan fingerprint density at radius 3 is 2.74 bits per heavy atom. The van der Waals surface area contributed by atoms with E-state index < -0.39 is 0 Å². The number of pyridine rings is 1. The van der Waals surface area contributed by atoms with Crippen molar-refractivity contribution in [1.29, 1.82) is 0 Å². The van der Waals surface area contributed by atoms with Gasteiger partial charge in [-0.3, -0.25) is 9.78 Å². The molecule has 0 radical (unpaired) electrons. The van der Waals surface area contributed by atoms with Gasteiger partial charge in [-0.05, 0) is 36.4 Å². The summed E-state index contributed by atoms with van der Waals surface area (Å²) in [5.74, 6) is 0.278. The van der Waals surface area contributed by atoms with Gasteiger partial charge in [0, 0.05) is 20.9 Å². The van der Waals surface area contributed by atoms with Gasteiger partial charge in [-0.25, -0.2) is 4.98 Å². The van der Waals surface area contributed by atoms with Crippen molar-refractivity contribution in [3.05, 3.63) is 58.5 Å². The third-order valence-corrected chi connectivity index (χ3v) is 5.16. The zero-order chi connectivity index (χ0) is 16.1. The molecule has 116 valence electrons. The minimum Gasteiger partial charge on any atom is -0.301 e. The summed E-state index contributed by atoms with van der Waals surface area (Å²) in [5.41, 5.74) is 1.57. The maximum Gasteiger partial charge on any atom is 0.236 e. The predicted molar refractivity (Wildman–Crippen MR) is 98.8 cm³/mol. The van der Waals surface area contributed by atoms with Crippen LogP contribution in [0.5, 0.6) is 0 Å². The van der Waals surface area contributed by atoms with E-state index in [9.17, 15) is 4.79 Å². The minimum atomic E-state index is -0.0696. The second kappa shape index (κ2) is 7.72. The number of carbonyl (C=O) groups is 1. The molecule has 1 amide bonds. The summed E-state index contributed by atoms with van der Waals surface area (Å²) in [6.07, 6.45) is 1.72. The number of hydrogen-bond donors (Lipinski definition) is 1. The average molecular weight is 406 g/mol. The topological polar surface area (TPSA) is 54.9 Å². The zero-order valence-corrected chi connectivity index (χ0v) is 15.1. The molecule has 2 heterocycles. The molecule has 1 aromatic carbocycles. The highest BCUT2D eigenvalue weighted by molar-refractivity contribution is 9.10. The molecule has 0 aliphatic heterocycles. The number of thiazole rings is 1. The predicted octanol–water partition coefficient (Wildman–Crippen LogP) is 4.70. The van der Waals surface area contributed by atoms with Crippen molar-refractivity contribution in [1.82, 2.24) is 9.97 Å². The second-order valence-electron chi connectivity index (χ2n) is 4.54. The van der Waals surface area contributed by atoms with Crippen molar-refractivity contribution < 1.29 is 4.79 Å². The average Bonchev–Trinajstić information content (AvgIpc) is 3.04. The number of amides is 1. The molecule has 1 N–H and O–H groups in total. The number of nitrogens with zero attached hydrogens (tertiary/aromatic N) is 2. The van der Waals surface area contributed by atoms with Crippen LogP contribution in [0.4, 0.5) is 5.13 Å². The Labute approximate surface area is 150 Å². The molecule has 7 heteroatoms. The van der Waals surface area contributed by atoms with Crippen LogP contribution in [0, 0.1) is 0 Å². The highest BCUT2D eigenvalue weighted by atomic mass is 79.9. The third kappa shape index (κ3) is 4.63. The number of anilines is 1. The molecule has 0 saturated carbocycles. The minimum absolute atomic E-state index is 0.0696. The summed E-state index contributed by atoms with van der Waals surface area (Å²) in [7, 11) is 0. The molecule has 4 nitrogen and oxygen atoms in total. The van der Waals surface area contributed by atoms with Crippen LogP contribution in [0.3, 0.4) is 0 Å². The number of rotatable bonds is 5. The van der Waals surface area contributed by atoms with E-state index in [0.717, 1.165) is 20.8 Å². The van der Waals surface area contributed by atoms with Crippen LogP contribution in [-0.2, 0) is 4.79 Å². The molecular weight excluding hydrogens is 394 g/mol. The van der Waals surface area contributed by atoms with E-state index in [1.807, 2.05) is 47.8 Å². The van der Waals surface area contributed by atoms with Gasteiger partial charge in [0.1, 0.15) is 5.69 Å². The molecule has 0 aliphatic carbocycles. The Hall–Kier alpha value is -1.70. The zero-order valence-electron chi connectivity index (χ0n) is 11.9. The van der Waals surface area contributed by atoms with E-state index in [1.165, 1.54) is 23.1 Å². The Morgan fingerprint density at radius 2 is 2.00 bits per heavy atom. The lowest BCUT2D eigenvalue weighted by Crippen LogP contribution is -2.13. The van der Waals surface area contributed by atoms with Crippen molar-refractivity contribution in [2.45, 2.75) is 4.90 Å². The Kier molecular flexibility index (Phi) is 5.43. The fourth-order valence-corrected chi connectivity index (χ4v) is 3.48. The SMILES string of the molecule is O=C(CSc1ccc(Br)cc1)Nc1nc(-c2ccccn2)cs1. The summed E-state index contributed by atoms with van der Waals surface area (Å²) in [6.45, 7) is 0. The van der Waals surface area contributed by atoms with Gasteiger partial charge in [-0.1, -0.05) is 22.0 Å². The van der Waals surface area contributed by atoms with Gasteiger partial charge >= 0.3 is 0 Å². The van der Waals surface area contributed by atoms with Crippen molar-refractivity contribution >= 4 is 50.1 Å². The number of halogens is 1. The van der Waals surface area contributed by atoms with Gasteiger partial charge in [0.05, 0.1) is 11.4 Å². The molecule has 0 aliphatic rings. The number of aromatic nitrogens is 2. The fraction of sp³-hybridized carbons (Fsp3) is 0.0625. The molecule has 23 heavy (non-hydrogen) atoms. The highest BCUT2D eigenvalue weighted by Gasteiger charge is 2.09. The number of nitrogens with one attached hydrogen (secondary N) is 1. The van der Waals surface area contributed by atoms with Gasteiger partial charge in [-0.2, -0.15) is 0 Å². The summed E-state index contributed by atoms with van der Waals surface area (Å²) < 4.78 is 1.02. The number of thioether (sulfide) groups is 1. The lowest BCUT2D eigenvalue weighted by Gasteiger charge is -2.02. The molecule has 0 spiro atoms. The van der Waals surface area contributed by atoms with Crippen LogP contribution < -0.4 is 5.32 Å². The summed E-state index contributed by atoms with van der Waals surface area (Å²) in [5, 5.41) is 5.30. The smallest absolute Gasteiger partial charge is 0.236 e. The van der Waals surface area contributed by atoms with E-state index in [2.05, 4.69) is 31.2 Å². The largest absolute Gasteiger partial charge is 0.301 e. The summed E-state index contributed by atoms with van der Waals surface area (Å²) in [6, 6.07) is 13.5. The first-order valence-corrected chi connectivity index (χ1v) is 9.42. The maximum absolute atomic E-state index is 12.0. The lowest BCUT2D eigenvalue weighted by atomic mass is 10.3. The molecular formula is C16H12BrN3OS2. The van der Waals surface area contributed by atoms with Gasteiger partial charge in [0.15, 0.2) is 5.13 Å². The number of carbonyl (C=O) groups excluding carboxylic acids is 1.